The van der Waals surface area contributed by atoms with Crippen LogP contribution in [0.5, 0.6) is 11.5 Å². The maximum absolute atomic E-state index is 12.3. The number of nitrogens with zero attached hydrogens (tertiary/aromatic N) is 4. The Morgan fingerprint density at radius 1 is 1.12 bits per heavy atom. The summed E-state index contributed by atoms with van der Waals surface area (Å²) in [6, 6.07) is 5.40. The number of ether oxygens (including phenoxy) is 2. The first-order valence-electron chi connectivity index (χ1n) is 7.72. The van der Waals surface area contributed by atoms with Gasteiger partial charge in [-0.3, -0.25) is 4.79 Å². The van der Waals surface area contributed by atoms with Crippen molar-refractivity contribution in [2.75, 3.05) is 14.2 Å². The summed E-state index contributed by atoms with van der Waals surface area (Å²) < 4.78 is 10.6. The zero-order chi connectivity index (χ0) is 16.7. The number of carbonyl (C=O) groups is 1. The van der Waals surface area contributed by atoms with Gasteiger partial charge in [-0.25, -0.2) is 4.99 Å². The molecule has 1 saturated carbocycles. The third kappa shape index (κ3) is 2.29. The summed E-state index contributed by atoms with van der Waals surface area (Å²) >= 11 is 0. The summed E-state index contributed by atoms with van der Waals surface area (Å²) in [7, 11) is 3.17. The molecule has 0 unspecified atom stereocenters. The molecule has 0 N–H and O–H groups in total. The van der Waals surface area contributed by atoms with Gasteiger partial charge in [0.25, 0.3) is 11.9 Å². The van der Waals surface area contributed by atoms with Crippen LogP contribution in [0.3, 0.4) is 0 Å². The van der Waals surface area contributed by atoms with Crippen molar-refractivity contribution < 1.29 is 14.3 Å². The molecule has 1 amide bonds. The molecule has 24 heavy (non-hydrogen) atoms. The molecule has 1 aromatic carbocycles. The van der Waals surface area contributed by atoms with Crippen LogP contribution in [0.4, 0.5) is 0 Å². The molecule has 0 spiro atoms. The lowest BCUT2D eigenvalue weighted by molar-refractivity contribution is -0.114. The third-order valence-electron chi connectivity index (χ3n) is 4.18. The first-order chi connectivity index (χ1) is 11.7. The van der Waals surface area contributed by atoms with Crippen LogP contribution in [0.15, 0.2) is 39.0 Å². The van der Waals surface area contributed by atoms with Crippen molar-refractivity contribution in [3.63, 3.8) is 0 Å². The topological polar surface area (TPSA) is 75.8 Å². The zero-order valence-corrected chi connectivity index (χ0v) is 13.4. The van der Waals surface area contributed by atoms with Crippen molar-refractivity contribution in [1.29, 1.82) is 0 Å². The van der Waals surface area contributed by atoms with E-state index in [0.717, 1.165) is 36.2 Å². The van der Waals surface area contributed by atoms with E-state index in [2.05, 4.69) is 15.1 Å². The first-order valence-corrected chi connectivity index (χ1v) is 7.72. The minimum atomic E-state index is -0.358. The average molecular weight is 324 g/mol. The number of guanidine groups is 1. The van der Waals surface area contributed by atoms with E-state index in [9.17, 15) is 4.79 Å². The summed E-state index contributed by atoms with van der Waals surface area (Å²) in [4.78, 5) is 20.8. The van der Waals surface area contributed by atoms with Crippen LogP contribution >= 0.6 is 0 Å². The second-order valence-electron chi connectivity index (χ2n) is 5.62. The maximum atomic E-state index is 12.3. The lowest BCUT2D eigenvalue weighted by Gasteiger charge is -2.18. The fraction of sp³-hybridized carbons (Fsp3) is 0.294. The van der Waals surface area contributed by atoms with Crippen LogP contribution in [0, 0.1) is 0 Å². The number of fused-ring (bicyclic) bond motifs is 2. The highest BCUT2D eigenvalue weighted by atomic mass is 16.5. The van der Waals surface area contributed by atoms with E-state index in [1.165, 1.54) is 5.01 Å². The molecule has 0 saturated heterocycles. The van der Waals surface area contributed by atoms with Gasteiger partial charge >= 0.3 is 0 Å². The predicted octanol–water partition coefficient (Wildman–Crippen LogP) is 2.24. The van der Waals surface area contributed by atoms with E-state index in [0.29, 0.717) is 23.2 Å². The molecule has 1 aromatic rings. The number of carbonyl (C=O) groups excluding carboxylic acids is 1. The standard InChI is InChI=1S/C17H16N4O3/c1-23-11-6-7-15(24-2)10(8-11)9-14-16(22)19-17-18-12-4-3-5-13(12)20-21(14)17/h6-9H,3-5H2,1-2H3. The van der Waals surface area contributed by atoms with E-state index in [-0.39, 0.29) is 5.91 Å². The van der Waals surface area contributed by atoms with Crippen LogP contribution in [0.25, 0.3) is 6.08 Å². The van der Waals surface area contributed by atoms with Crippen molar-refractivity contribution in [3.8, 4) is 11.5 Å². The van der Waals surface area contributed by atoms with Crippen LogP contribution in [-0.4, -0.2) is 42.5 Å². The smallest absolute Gasteiger partial charge is 0.299 e. The van der Waals surface area contributed by atoms with Gasteiger partial charge in [-0.05, 0) is 43.5 Å². The molecule has 7 heteroatoms. The Morgan fingerprint density at radius 2 is 1.96 bits per heavy atom. The lowest BCUT2D eigenvalue weighted by Crippen LogP contribution is -2.28. The normalized spacial score (nSPS) is 20.4. The Kier molecular flexibility index (Phi) is 3.41. The SMILES string of the molecule is COc1ccc(OC)c(C=C2C(=O)N=C3N=C4CCCC4=NN23)c1. The summed E-state index contributed by atoms with van der Waals surface area (Å²) in [5.74, 6) is 1.30. The number of hydrogen-bond acceptors (Lipinski definition) is 6. The van der Waals surface area contributed by atoms with Gasteiger partial charge in [0.1, 0.15) is 17.2 Å². The lowest BCUT2D eigenvalue weighted by atomic mass is 10.1. The Bertz CT molecular complexity index is 851. The second kappa shape index (κ2) is 5.59. The molecule has 122 valence electrons. The number of hydrogen-bond donors (Lipinski definition) is 0. The molecule has 1 fully saturated rings. The third-order valence-corrected chi connectivity index (χ3v) is 4.18. The summed E-state index contributed by atoms with van der Waals surface area (Å²) in [5, 5.41) is 6.08. The molecular formula is C17H16N4O3. The number of rotatable bonds is 3. The van der Waals surface area contributed by atoms with Crippen LogP contribution in [0.2, 0.25) is 0 Å². The van der Waals surface area contributed by atoms with Gasteiger partial charge in [0.05, 0.1) is 25.6 Å². The van der Waals surface area contributed by atoms with Gasteiger partial charge < -0.3 is 9.47 Å². The molecule has 7 nitrogen and oxygen atoms in total. The summed E-state index contributed by atoms with van der Waals surface area (Å²) in [6.07, 6.45) is 4.52. The summed E-state index contributed by atoms with van der Waals surface area (Å²) in [5.41, 5.74) is 2.96. The fourth-order valence-electron chi connectivity index (χ4n) is 2.97. The number of benzene rings is 1. The molecule has 0 aromatic heterocycles. The largest absolute Gasteiger partial charge is 0.497 e. The Morgan fingerprint density at radius 3 is 2.75 bits per heavy atom. The molecule has 2 heterocycles. The van der Waals surface area contributed by atoms with E-state index in [1.54, 1.807) is 38.5 Å². The van der Waals surface area contributed by atoms with Gasteiger partial charge in [0.2, 0.25) is 0 Å². The number of aliphatic imine (C=N–C) groups is 2. The number of hydrazone groups is 1. The Labute approximate surface area is 139 Å². The van der Waals surface area contributed by atoms with Gasteiger partial charge in [0, 0.05) is 5.56 Å². The van der Waals surface area contributed by atoms with E-state index in [1.807, 2.05) is 0 Å². The van der Waals surface area contributed by atoms with E-state index in [4.69, 9.17) is 9.47 Å². The van der Waals surface area contributed by atoms with E-state index >= 15 is 0 Å². The molecule has 0 atom stereocenters. The Balaban J connectivity index is 1.76. The highest BCUT2D eigenvalue weighted by molar-refractivity contribution is 6.46. The predicted molar refractivity (Wildman–Crippen MR) is 90.5 cm³/mol. The minimum absolute atomic E-state index is 0.341. The van der Waals surface area contributed by atoms with Crippen molar-refractivity contribution in [2.24, 2.45) is 15.1 Å². The van der Waals surface area contributed by atoms with Crippen molar-refractivity contribution in [1.82, 2.24) is 5.01 Å². The van der Waals surface area contributed by atoms with Crippen LogP contribution in [-0.2, 0) is 4.79 Å². The van der Waals surface area contributed by atoms with Gasteiger partial charge in [-0.1, -0.05) is 0 Å². The van der Waals surface area contributed by atoms with Gasteiger partial charge in [0.15, 0.2) is 0 Å². The average Bonchev–Trinajstić information content (AvgIpc) is 3.17. The van der Waals surface area contributed by atoms with Gasteiger partial charge in [-0.2, -0.15) is 15.1 Å². The zero-order valence-electron chi connectivity index (χ0n) is 13.4. The van der Waals surface area contributed by atoms with Gasteiger partial charge in [-0.15, -0.1) is 0 Å². The second-order valence-corrected chi connectivity index (χ2v) is 5.62. The highest BCUT2D eigenvalue weighted by Crippen LogP contribution is 2.31. The van der Waals surface area contributed by atoms with Crippen molar-refractivity contribution in [3.05, 3.63) is 29.5 Å². The van der Waals surface area contributed by atoms with Crippen LogP contribution in [0.1, 0.15) is 24.8 Å². The maximum Gasteiger partial charge on any atom is 0.299 e. The molecule has 1 aliphatic carbocycles. The molecule has 0 bridgehead atoms. The summed E-state index contributed by atoms with van der Waals surface area (Å²) in [6.45, 7) is 0. The number of methoxy groups -OCH3 is 2. The molecular weight excluding hydrogens is 308 g/mol. The van der Waals surface area contributed by atoms with E-state index < -0.39 is 0 Å². The first kappa shape index (κ1) is 14.6. The van der Waals surface area contributed by atoms with Crippen molar-refractivity contribution >= 4 is 29.4 Å². The molecule has 2 aliphatic heterocycles. The van der Waals surface area contributed by atoms with Crippen LogP contribution < -0.4 is 9.47 Å². The number of amides is 1. The highest BCUT2D eigenvalue weighted by Gasteiger charge is 2.35. The molecule has 4 rings (SSSR count). The van der Waals surface area contributed by atoms with Crippen molar-refractivity contribution in [2.45, 2.75) is 19.3 Å². The monoisotopic (exact) mass is 324 g/mol. The Hall–Kier alpha value is -2.96. The fourth-order valence-corrected chi connectivity index (χ4v) is 2.97. The quantitative estimate of drug-likeness (QED) is 0.799. The molecule has 0 radical (unpaired) electrons. The minimum Gasteiger partial charge on any atom is -0.497 e. The molecule has 3 aliphatic rings.